The van der Waals surface area contributed by atoms with Crippen molar-refractivity contribution in [1.29, 1.82) is 0 Å². The van der Waals surface area contributed by atoms with Crippen LogP contribution in [0.25, 0.3) is 0 Å². The number of benzene rings is 2. The van der Waals surface area contributed by atoms with Gasteiger partial charge in [-0.2, -0.15) is 0 Å². The van der Waals surface area contributed by atoms with Crippen molar-refractivity contribution in [1.82, 2.24) is 5.32 Å². The molecular weight excluding hydrogens is 366 g/mol. The number of sulfonamides is 1. The molecule has 2 aromatic rings. The predicted molar refractivity (Wildman–Crippen MR) is 104 cm³/mol. The Hall–Kier alpha value is -2.71. The number of amides is 2. The molecule has 4 N–H and O–H groups in total. The van der Waals surface area contributed by atoms with Crippen LogP contribution in [0.3, 0.4) is 0 Å². The quantitative estimate of drug-likeness (QED) is 0.667. The van der Waals surface area contributed by atoms with Crippen LogP contribution in [-0.4, -0.2) is 26.8 Å². The van der Waals surface area contributed by atoms with Crippen LogP contribution in [0.1, 0.15) is 23.1 Å². The number of carbonyl (C=O) groups is 2. The maximum Gasteiger partial charge on any atom is 0.243 e. The molecule has 0 aromatic heterocycles. The Morgan fingerprint density at radius 2 is 1.56 bits per heavy atom. The van der Waals surface area contributed by atoms with Crippen molar-refractivity contribution in [2.75, 3.05) is 11.9 Å². The maximum absolute atomic E-state index is 12.0. The van der Waals surface area contributed by atoms with E-state index in [1.807, 2.05) is 32.0 Å². The number of para-hydroxylation sites is 1. The molecule has 2 rings (SSSR count). The van der Waals surface area contributed by atoms with E-state index in [0.29, 0.717) is 6.42 Å². The summed E-state index contributed by atoms with van der Waals surface area (Å²) in [4.78, 5) is 24.0. The minimum absolute atomic E-state index is 0.0267. The molecule has 0 aliphatic rings. The molecule has 0 heterocycles. The average molecular weight is 389 g/mol. The Labute approximate surface area is 159 Å². The number of nitrogens with two attached hydrogens (primary N) is 1. The van der Waals surface area contributed by atoms with Crippen LogP contribution in [0.5, 0.6) is 0 Å². The van der Waals surface area contributed by atoms with Crippen molar-refractivity contribution in [2.45, 2.75) is 31.6 Å². The molecule has 0 aliphatic carbocycles. The zero-order valence-corrected chi connectivity index (χ0v) is 16.1. The van der Waals surface area contributed by atoms with Crippen molar-refractivity contribution in [3.8, 4) is 0 Å². The summed E-state index contributed by atoms with van der Waals surface area (Å²) < 4.78 is 22.4. The maximum atomic E-state index is 12.0. The summed E-state index contributed by atoms with van der Waals surface area (Å²) in [5.41, 5.74) is 3.47. The van der Waals surface area contributed by atoms with Gasteiger partial charge in [-0.15, -0.1) is 0 Å². The molecule has 2 aromatic carbocycles. The number of carbonyl (C=O) groups excluding carboxylic acids is 2. The van der Waals surface area contributed by atoms with Crippen LogP contribution in [0.4, 0.5) is 5.69 Å². The fraction of sp³-hybridized carbons (Fsp3) is 0.263. The third-order valence-electron chi connectivity index (χ3n) is 4.08. The number of nitrogens with one attached hydrogen (secondary N) is 2. The first kappa shape index (κ1) is 20.6. The van der Waals surface area contributed by atoms with Crippen LogP contribution in [-0.2, 0) is 26.0 Å². The van der Waals surface area contributed by atoms with E-state index in [1.165, 1.54) is 12.1 Å². The van der Waals surface area contributed by atoms with Gasteiger partial charge in [0.2, 0.25) is 21.8 Å². The van der Waals surface area contributed by atoms with Gasteiger partial charge in [0.15, 0.2) is 0 Å². The highest BCUT2D eigenvalue weighted by Crippen LogP contribution is 2.19. The summed E-state index contributed by atoms with van der Waals surface area (Å²) in [5, 5.41) is 10.4. The van der Waals surface area contributed by atoms with Crippen LogP contribution in [0.2, 0.25) is 0 Å². The first-order chi connectivity index (χ1) is 12.7. The lowest BCUT2D eigenvalue weighted by molar-refractivity contribution is -0.124. The molecule has 0 aliphatic heterocycles. The van der Waals surface area contributed by atoms with Crippen molar-refractivity contribution in [3.05, 3.63) is 59.2 Å². The van der Waals surface area contributed by atoms with Crippen LogP contribution < -0.4 is 15.8 Å². The number of anilines is 1. The highest BCUT2D eigenvalue weighted by atomic mass is 32.2. The smallest absolute Gasteiger partial charge is 0.243 e. The van der Waals surface area contributed by atoms with E-state index in [1.54, 1.807) is 12.1 Å². The highest BCUT2D eigenvalue weighted by Gasteiger charge is 2.10. The van der Waals surface area contributed by atoms with Gasteiger partial charge in [-0.3, -0.25) is 9.59 Å². The zero-order valence-electron chi connectivity index (χ0n) is 15.3. The Kier molecular flexibility index (Phi) is 6.70. The topological polar surface area (TPSA) is 118 Å². The molecule has 2 amide bonds. The van der Waals surface area contributed by atoms with E-state index < -0.39 is 10.0 Å². The Balaban J connectivity index is 1.80. The third-order valence-corrected chi connectivity index (χ3v) is 5.01. The minimum atomic E-state index is -3.72. The van der Waals surface area contributed by atoms with E-state index in [9.17, 15) is 18.0 Å². The zero-order chi connectivity index (χ0) is 20.0. The lowest BCUT2D eigenvalue weighted by Gasteiger charge is -2.12. The van der Waals surface area contributed by atoms with Crippen LogP contribution >= 0.6 is 0 Å². The fourth-order valence-corrected chi connectivity index (χ4v) is 3.08. The minimum Gasteiger partial charge on any atom is -0.347 e. The summed E-state index contributed by atoms with van der Waals surface area (Å²) >= 11 is 0. The molecule has 0 spiro atoms. The SMILES string of the molecule is Cc1cccc(C)c1NC(=O)CNC(=O)CCc1ccc(S(N)(=O)=O)cc1. The molecule has 0 atom stereocenters. The lowest BCUT2D eigenvalue weighted by Crippen LogP contribution is -2.33. The molecule has 0 saturated carbocycles. The molecule has 27 heavy (non-hydrogen) atoms. The summed E-state index contributed by atoms with van der Waals surface area (Å²) in [6.07, 6.45) is 0.612. The van der Waals surface area contributed by atoms with Crippen LogP contribution in [0.15, 0.2) is 47.4 Å². The summed E-state index contributed by atoms with van der Waals surface area (Å²) in [6.45, 7) is 3.70. The Bertz CT molecular complexity index is 918. The van der Waals surface area contributed by atoms with Gasteiger partial charge in [0.1, 0.15) is 0 Å². The van der Waals surface area contributed by atoms with E-state index in [-0.39, 0.29) is 29.7 Å². The summed E-state index contributed by atoms with van der Waals surface area (Å²) in [6, 6.07) is 11.8. The Morgan fingerprint density at radius 1 is 0.963 bits per heavy atom. The van der Waals surface area contributed by atoms with Gasteiger partial charge in [0.25, 0.3) is 0 Å². The van der Waals surface area contributed by atoms with Gasteiger partial charge in [-0.25, -0.2) is 13.6 Å². The summed E-state index contributed by atoms with van der Waals surface area (Å²) in [5.74, 6) is -0.555. The van der Waals surface area contributed by atoms with Gasteiger partial charge < -0.3 is 10.6 Å². The molecule has 0 saturated heterocycles. The normalized spacial score (nSPS) is 11.1. The second-order valence-corrected chi connectivity index (χ2v) is 7.84. The first-order valence-electron chi connectivity index (χ1n) is 8.41. The number of rotatable bonds is 7. The molecular formula is C19H23N3O4S. The second-order valence-electron chi connectivity index (χ2n) is 6.28. The van der Waals surface area contributed by atoms with Gasteiger partial charge >= 0.3 is 0 Å². The highest BCUT2D eigenvalue weighted by molar-refractivity contribution is 7.89. The third kappa shape index (κ3) is 6.19. The van der Waals surface area contributed by atoms with E-state index >= 15 is 0 Å². The largest absolute Gasteiger partial charge is 0.347 e. The number of primary sulfonamides is 1. The monoisotopic (exact) mass is 389 g/mol. The van der Waals surface area contributed by atoms with Crippen molar-refractivity contribution < 1.29 is 18.0 Å². The second kappa shape index (κ2) is 8.79. The number of hydrogen-bond acceptors (Lipinski definition) is 4. The van der Waals surface area contributed by atoms with E-state index in [2.05, 4.69) is 10.6 Å². The van der Waals surface area contributed by atoms with E-state index in [0.717, 1.165) is 22.4 Å². The van der Waals surface area contributed by atoms with Crippen molar-refractivity contribution in [3.63, 3.8) is 0 Å². The van der Waals surface area contributed by atoms with E-state index in [4.69, 9.17) is 5.14 Å². The Morgan fingerprint density at radius 3 is 2.11 bits per heavy atom. The van der Waals surface area contributed by atoms with Gasteiger partial charge in [0, 0.05) is 12.1 Å². The van der Waals surface area contributed by atoms with Crippen LogP contribution in [0, 0.1) is 13.8 Å². The molecule has 0 fully saturated rings. The number of hydrogen-bond donors (Lipinski definition) is 3. The van der Waals surface area contributed by atoms with Gasteiger partial charge in [-0.1, -0.05) is 30.3 Å². The van der Waals surface area contributed by atoms with Crippen molar-refractivity contribution >= 4 is 27.5 Å². The first-order valence-corrected chi connectivity index (χ1v) is 9.96. The van der Waals surface area contributed by atoms with Gasteiger partial charge in [-0.05, 0) is 49.1 Å². The molecule has 0 radical (unpaired) electrons. The molecule has 0 unspecified atom stereocenters. The summed E-state index contributed by atoms with van der Waals surface area (Å²) in [7, 11) is -3.72. The van der Waals surface area contributed by atoms with Crippen molar-refractivity contribution in [2.24, 2.45) is 5.14 Å². The van der Waals surface area contributed by atoms with Gasteiger partial charge in [0.05, 0.1) is 11.4 Å². The molecule has 7 nitrogen and oxygen atoms in total. The predicted octanol–water partition coefficient (Wildman–Crippen LogP) is 1.64. The lowest BCUT2D eigenvalue weighted by atomic mass is 10.1. The standard InChI is InChI=1S/C19H23N3O4S/c1-13-4-3-5-14(2)19(13)22-18(24)12-21-17(23)11-8-15-6-9-16(10-7-15)27(20,25)26/h3-7,9-10H,8,11-12H2,1-2H3,(H,21,23)(H,22,24)(H2,20,25,26). The fourth-order valence-electron chi connectivity index (χ4n) is 2.57. The molecule has 8 heteroatoms. The average Bonchev–Trinajstić information content (AvgIpc) is 2.61. The molecule has 144 valence electrons. The molecule has 0 bridgehead atoms. The number of aryl methyl sites for hydroxylation is 3.